The van der Waals surface area contributed by atoms with Crippen LogP contribution in [0, 0.1) is 6.92 Å². The first-order valence-corrected chi connectivity index (χ1v) is 10.9. The van der Waals surface area contributed by atoms with E-state index in [9.17, 15) is 13.2 Å². The number of carboxylic acids is 1. The first kappa shape index (κ1) is 21.9. The minimum Gasteiger partial charge on any atom is -0.496 e. The number of aryl methyl sites for hydroxylation is 2. The van der Waals surface area contributed by atoms with Crippen molar-refractivity contribution in [2.75, 3.05) is 7.11 Å². The van der Waals surface area contributed by atoms with E-state index < -0.39 is 16.0 Å². The Labute approximate surface area is 179 Å². The van der Waals surface area contributed by atoms with Gasteiger partial charge in [-0.3, -0.25) is 4.79 Å². The van der Waals surface area contributed by atoms with Gasteiger partial charge in [0.1, 0.15) is 5.75 Å². The average molecular weight is 449 g/mol. The molecule has 9 heteroatoms. The molecule has 0 saturated heterocycles. The van der Waals surface area contributed by atoms with Gasteiger partial charge in [0.05, 0.1) is 24.1 Å². The number of aromatic nitrogens is 1. The van der Waals surface area contributed by atoms with Crippen molar-refractivity contribution in [3.05, 3.63) is 64.8 Å². The van der Waals surface area contributed by atoms with Gasteiger partial charge in [0, 0.05) is 22.0 Å². The van der Waals surface area contributed by atoms with E-state index in [2.05, 4.69) is 0 Å². The fourth-order valence-corrected chi connectivity index (χ4v) is 4.10. The van der Waals surface area contributed by atoms with Gasteiger partial charge in [0.15, 0.2) is 0 Å². The number of primary sulfonamides is 1. The van der Waals surface area contributed by atoms with E-state index in [4.69, 9.17) is 26.6 Å². The molecule has 0 spiro atoms. The molecule has 0 saturated carbocycles. The molecule has 0 unspecified atom stereocenters. The second-order valence-corrected chi connectivity index (χ2v) is 8.77. The van der Waals surface area contributed by atoms with Crippen LogP contribution < -0.4 is 9.88 Å². The van der Waals surface area contributed by atoms with Crippen LogP contribution in [0.15, 0.2) is 53.4 Å². The molecule has 1 heterocycles. The van der Waals surface area contributed by atoms with Crippen molar-refractivity contribution in [1.82, 2.24) is 4.57 Å². The maximum absolute atomic E-state index is 11.7. The molecule has 0 amide bonds. The number of aliphatic carboxylic acids is 1. The molecule has 0 atom stereocenters. The number of sulfonamides is 1. The number of hydrogen-bond donors (Lipinski definition) is 2. The Kier molecular flexibility index (Phi) is 6.21. The first-order valence-electron chi connectivity index (χ1n) is 9.02. The van der Waals surface area contributed by atoms with E-state index in [0.717, 1.165) is 17.0 Å². The summed E-state index contributed by atoms with van der Waals surface area (Å²) in [5, 5.41) is 14.9. The predicted molar refractivity (Wildman–Crippen MR) is 115 cm³/mol. The van der Waals surface area contributed by atoms with Crippen LogP contribution >= 0.6 is 11.6 Å². The summed E-state index contributed by atoms with van der Waals surface area (Å²) in [5.41, 5.74) is 3.66. The van der Waals surface area contributed by atoms with Gasteiger partial charge in [-0.25, -0.2) is 13.6 Å². The number of methoxy groups -OCH3 is 1. The summed E-state index contributed by atoms with van der Waals surface area (Å²) in [7, 11) is -2.30. The van der Waals surface area contributed by atoms with E-state index in [1.165, 1.54) is 12.1 Å². The fourth-order valence-electron chi connectivity index (χ4n) is 3.34. The molecule has 3 N–H and O–H groups in total. The fraction of sp³-hybridized carbons (Fsp3) is 0.190. The number of ether oxygens (including phenoxy) is 1. The van der Waals surface area contributed by atoms with Crippen molar-refractivity contribution in [3.63, 3.8) is 0 Å². The SMILES string of the molecule is COc1cc(Cl)ccc1-c1ccc(CCC(=O)O)n1-c1ccc(S(N)(=O)=O)cc1C. The molecule has 7 nitrogen and oxygen atoms in total. The Morgan fingerprint density at radius 1 is 1.17 bits per heavy atom. The van der Waals surface area contributed by atoms with Crippen LogP contribution in [-0.2, 0) is 21.2 Å². The second kappa shape index (κ2) is 8.51. The number of carboxylic acid groups (broad SMARTS) is 1. The molecular weight excluding hydrogens is 428 g/mol. The molecular formula is C21H21ClN2O5S. The Morgan fingerprint density at radius 3 is 2.50 bits per heavy atom. The van der Waals surface area contributed by atoms with E-state index in [1.807, 2.05) is 22.8 Å². The number of hydrogen-bond acceptors (Lipinski definition) is 4. The molecule has 2 aromatic carbocycles. The highest BCUT2D eigenvalue weighted by Gasteiger charge is 2.19. The van der Waals surface area contributed by atoms with Gasteiger partial charge in [-0.05, 0) is 67.4 Å². The molecule has 3 aromatic rings. The Balaban J connectivity index is 2.24. The van der Waals surface area contributed by atoms with Crippen molar-refractivity contribution in [2.24, 2.45) is 5.14 Å². The normalized spacial score (nSPS) is 11.5. The summed E-state index contributed by atoms with van der Waals surface area (Å²) in [6.45, 7) is 1.77. The first-order chi connectivity index (χ1) is 14.1. The Bertz CT molecular complexity index is 1220. The van der Waals surface area contributed by atoms with Crippen molar-refractivity contribution < 1.29 is 23.1 Å². The Morgan fingerprint density at radius 2 is 1.90 bits per heavy atom. The predicted octanol–water partition coefficient (Wildman–Crippen LogP) is 3.78. The van der Waals surface area contributed by atoms with Gasteiger partial charge < -0.3 is 14.4 Å². The number of nitrogens with two attached hydrogens (primary N) is 1. The minimum atomic E-state index is -3.84. The quantitative estimate of drug-likeness (QED) is 0.571. The molecule has 0 bridgehead atoms. The van der Waals surface area contributed by atoms with Crippen LogP contribution in [0.3, 0.4) is 0 Å². The highest BCUT2D eigenvalue weighted by molar-refractivity contribution is 7.89. The zero-order valence-electron chi connectivity index (χ0n) is 16.4. The zero-order valence-corrected chi connectivity index (χ0v) is 18.0. The standard InChI is InChI=1S/C21H21ClN2O5S/c1-13-11-16(30(23,27)28)6-9-18(13)24-15(5-10-21(25)26)4-8-19(24)17-7-3-14(22)12-20(17)29-2/h3-4,6-9,11-12H,5,10H2,1-2H3,(H,25,26)(H2,23,27,28). The number of carbonyl (C=O) groups is 1. The molecule has 3 rings (SSSR count). The largest absolute Gasteiger partial charge is 0.496 e. The third-order valence-electron chi connectivity index (χ3n) is 4.73. The average Bonchev–Trinajstić information content (AvgIpc) is 3.08. The molecule has 0 aliphatic heterocycles. The molecule has 30 heavy (non-hydrogen) atoms. The van der Waals surface area contributed by atoms with Gasteiger partial charge in [-0.1, -0.05) is 11.6 Å². The molecule has 1 aromatic heterocycles. The highest BCUT2D eigenvalue weighted by atomic mass is 35.5. The summed E-state index contributed by atoms with van der Waals surface area (Å²) in [5.74, 6) is -0.347. The van der Waals surface area contributed by atoms with Crippen LogP contribution in [0.2, 0.25) is 5.02 Å². The maximum Gasteiger partial charge on any atom is 0.303 e. The van der Waals surface area contributed by atoms with Crippen LogP contribution in [0.4, 0.5) is 0 Å². The summed E-state index contributed by atoms with van der Waals surface area (Å²) in [6.07, 6.45) is 0.247. The van der Waals surface area contributed by atoms with Crippen LogP contribution in [0.1, 0.15) is 17.7 Å². The monoisotopic (exact) mass is 448 g/mol. The van der Waals surface area contributed by atoms with E-state index in [1.54, 1.807) is 32.2 Å². The molecule has 0 fully saturated rings. The minimum absolute atomic E-state index is 0.00798. The van der Waals surface area contributed by atoms with Crippen LogP contribution in [0.5, 0.6) is 5.75 Å². The smallest absolute Gasteiger partial charge is 0.303 e. The molecule has 0 radical (unpaired) electrons. The molecule has 158 valence electrons. The third kappa shape index (κ3) is 4.51. The number of halogens is 1. The van der Waals surface area contributed by atoms with E-state index >= 15 is 0 Å². The van der Waals surface area contributed by atoms with Crippen LogP contribution in [0.25, 0.3) is 16.9 Å². The molecule has 0 aliphatic carbocycles. The van der Waals surface area contributed by atoms with E-state index in [0.29, 0.717) is 28.4 Å². The third-order valence-corrected chi connectivity index (χ3v) is 5.88. The van der Waals surface area contributed by atoms with Gasteiger partial charge in [-0.2, -0.15) is 0 Å². The topological polar surface area (TPSA) is 112 Å². The van der Waals surface area contributed by atoms with Gasteiger partial charge in [-0.15, -0.1) is 0 Å². The Hall–Kier alpha value is -2.81. The van der Waals surface area contributed by atoms with Crippen molar-refractivity contribution in [2.45, 2.75) is 24.7 Å². The van der Waals surface area contributed by atoms with Gasteiger partial charge in [0.2, 0.25) is 10.0 Å². The van der Waals surface area contributed by atoms with Gasteiger partial charge in [0.25, 0.3) is 0 Å². The second-order valence-electron chi connectivity index (χ2n) is 6.78. The number of nitrogens with zero attached hydrogens (tertiary/aromatic N) is 1. The molecule has 0 aliphatic rings. The van der Waals surface area contributed by atoms with Gasteiger partial charge >= 0.3 is 5.97 Å². The highest BCUT2D eigenvalue weighted by Crippen LogP contribution is 2.36. The number of rotatable bonds is 7. The summed E-state index contributed by atoms with van der Waals surface area (Å²) >= 11 is 6.09. The van der Waals surface area contributed by atoms with Crippen molar-refractivity contribution in [3.8, 4) is 22.7 Å². The number of benzene rings is 2. The summed E-state index contributed by atoms with van der Waals surface area (Å²) in [6, 6.07) is 13.6. The van der Waals surface area contributed by atoms with Crippen LogP contribution in [-0.4, -0.2) is 31.2 Å². The van der Waals surface area contributed by atoms with E-state index in [-0.39, 0.29) is 11.3 Å². The van der Waals surface area contributed by atoms with Crippen molar-refractivity contribution in [1.29, 1.82) is 0 Å². The lowest BCUT2D eigenvalue weighted by Crippen LogP contribution is -2.13. The summed E-state index contributed by atoms with van der Waals surface area (Å²) in [4.78, 5) is 11.1. The van der Waals surface area contributed by atoms with Crippen molar-refractivity contribution >= 4 is 27.6 Å². The summed E-state index contributed by atoms with van der Waals surface area (Å²) < 4.78 is 30.8. The zero-order chi connectivity index (χ0) is 22.1. The maximum atomic E-state index is 11.7. The lowest BCUT2D eigenvalue weighted by atomic mass is 10.1. The lowest BCUT2D eigenvalue weighted by Gasteiger charge is -2.18. The lowest BCUT2D eigenvalue weighted by molar-refractivity contribution is -0.136.